The minimum atomic E-state index is 0.969. The molecule has 506 valence electrons. The molecule has 0 aliphatic heterocycles. The van der Waals surface area contributed by atoms with E-state index in [1.807, 2.05) is 95.7 Å². The van der Waals surface area contributed by atoms with Crippen molar-refractivity contribution in [1.82, 2.24) is 9.97 Å². The standard InChI is InChI=1S/C19H14.C15H12.C13H10N2.2C13H10O.2C13H10S/c1-13-10-11-18-16-8-3-2-6-14(16)15-7-4-5-9-17(15)19(18)12-13;1-11-10-12-6-2-3-8-14(12)15-9-5-4-7-13(11)15;1-9-8-10-4-2-6-14-12(10)13-11(9)5-3-7-15-13;1-9-5-4-7-11-10-6-2-3-8-12(10)14-13(9)11;1-9-5-4-8-12-13(9)10-6-2-3-7-11(10)14-12;1-9-5-4-7-11-10-6-2-3-8-12(10)14-13(9)11;1-9-5-4-8-12-13(9)10-6-2-3-7-11(10)14-12/h2-12H,1H3;2-10H,1H3;2-8H,1H3;4*2-8H,1H3. The third-order valence-electron chi connectivity index (χ3n) is 20.0. The lowest BCUT2D eigenvalue weighted by Crippen LogP contribution is -1.86. The fourth-order valence-corrected chi connectivity index (χ4v) is 17.3. The molecule has 0 fully saturated rings. The molecule has 0 spiro atoms. The van der Waals surface area contributed by atoms with Crippen molar-refractivity contribution in [3.63, 3.8) is 0 Å². The van der Waals surface area contributed by atoms with E-state index in [-0.39, 0.29) is 0 Å². The van der Waals surface area contributed by atoms with E-state index in [1.54, 1.807) is 0 Å². The van der Waals surface area contributed by atoms with Gasteiger partial charge >= 0.3 is 0 Å². The number of aryl methyl sites for hydroxylation is 7. The number of hydrogen-bond donors (Lipinski definition) is 0. The Kier molecular flexibility index (Phi) is 18.9. The van der Waals surface area contributed by atoms with Crippen molar-refractivity contribution < 1.29 is 8.83 Å². The molecule has 0 aliphatic rings. The van der Waals surface area contributed by atoms with Crippen LogP contribution in [0.15, 0.2) is 343 Å². The molecule has 4 nitrogen and oxygen atoms in total. The Hall–Kier alpha value is -12.3. The van der Waals surface area contributed by atoms with Crippen LogP contribution in [0.4, 0.5) is 0 Å². The number of benzene rings is 16. The van der Waals surface area contributed by atoms with Gasteiger partial charge in [0.2, 0.25) is 0 Å². The number of pyridine rings is 2. The van der Waals surface area contributed by atoms with Crippen molar-refractivity contribution in [2.75, 3.05) is 0 Å². The normalized spacial score (nSPS) is 11.2. The number of nitrogens with zero attached hydrogens (tertiary/aromatic N) is 2. The number of rotatable bonds is 0. The first kappa shape index (κ1) is 67.2. The van der Waals surface area contributed by atoms with Crippen LogP contribution in [0.5, 0.6) is 0 Å². The van der Waals surface area contributed by atoms with Gasteiger partial charge in [-0.3, -0.25) is 9.97 Å². The number of thiophene rings is 2. The Morgan fingerprint density at radius 2 is 0.667 bits per heavy atom. The topological polar surface area (TPSA) is 52.1 Å². The second-order valence-electron chi connectivity index (χ2n) is 27.0. The highest BCUT2D eigenvalue weighted by Gasteiger charge is 2.13. The van der Waals surface area contributed by atoms with E-state index >= 15 is 0 Å². The third kappa shape index (κ3) is 13.4. The zero-order valence-corrected chi connectivity index (χ0v) is 61.4. The maximum atomic E-state index is 5.78. The summed E-state index contributed by atoms with van der Waals surface area (Å²) in [7, 11) is 0. The summed E-state index contributed by atoms with van der Waals surface area (Å²) in [6.45, 7) is 15.0. The molecule has 22 rings (SSSR count). The summed E-state index contributed by atoms with van der Waals surface area (Å²) in [5.74, 6) is 0. The lowest BCUT2D eigenvalue weighted by atomic mass is 9.93. The summed E-state index contributed by atoms with van der Waals surface area (Å²) in [5, 5.41) is 26.3. The van der Waals surface area contributed by atoms with Gasteiger partial charge in [0, 0.05) is 85.1 Å². The van der Waals surface area contributed by atoms with Crippen molar-refractivity contribution in [2.24, 2.45) is 0 Å². The number of para-hydroxylation sites is 3. The van der Waals surface area contributed by atoms with E-state index < -0.39 is 0 Å². The lowest BCUT2D eigenvalue weighted by molar-refractivity contribution is 0.666. The van der Waals surface area contributed by atoms with Gasteiger partial charge in [0.15, 0.2) is 0 Å². The highest BCUT2D eigenvalue weighted by Crippen LogP contribution is 2.39. The first-order valence-corrected chi connectivity index (χ1v) is 37.4. The molecular weight excluding hydrogens is 1310 g/mol. The van der Waals surface area contributed by atoms with Crippen molar-refractivity contribution in [3.05, 3.63) is 373 Å². The molecule has 0 amide bonds. The lowest BCUT2D eigenvalue weighted by Gasteiger charge is -2.10. The molecule has 0 saturated heterocycles. The van der Waals surface area contributed by atoms with Gasteiger partial charge in [-0.25, -0.2) is 0 Å². The molecule has 6 heteroatoms. The SMILES string of the molecule is Cc1cc2ccccc2c2ccccc12.Cc1cc2cccnc2c2ncccc12.Cc1ccc2c3ccccc3c3ccccc3c2c1.Cc1cccc2c1oc1ccccc12.Cc1cccc2c1sc1ccccc12.Cc1cccc2oc3ccccc3c12.Cc1cccc2sc3ccccc3c12. The zero-order chi connectivity index (χ0) is 71.5. The van der Waals surface area contributed by atoms with Crippen molar-refractivity contribution in [3.8, 4) is 0 Å². The number of aromatic nitrogens is 2. The van der Waals surface area contributed by atoms with Crippen LogP contribution in [0.2, 0.25) is 0 Å². The summed E-state index contributed by atoms with van der Waals surface area (Å²) < 4.78 is 17.1. The second kappa shape index (κ2) is 29.6. The van der Waals surface area contributed by atoms with Crippen LogP contribution in [0.1, 0.15) is 38.9 Å². The van der Waals surface area contributed by atoms with E-state index in [4.69, 9.17) is 8.83 Å². The molecule has 105 heavy (non-hydrogen) atoms. The summed E-state index contributed by atoms with van der Waals surface area (Å²) in [6, 6.07) is 113. The molecule has 16 aromatic carbocycles. The largest absolute Gasteiger partial charge is 0.456 e. The van der Waals surface area contributed by atoms with Gasteiger partial charge in [0.05, 0.1) is 11.0 Å². The third-order valence-corrected chi connectivity index (χ3v) is 22.4. The monoisotopic (exact) mass is 1390 g/mol. The van der Waals surface area contributed by atoms with E-state index in [0.717, 1.165) is 38.8 Å². The van der Waals surface area contributed by atoms with Crippen LogP contribution in [-0.4, -0.2) is 9.97 Å². The van der Waals surface area contributed by atoms with Gasteiger partial charge in [0.25, 0.3) is 0 Å². The first-order valence-electron chi connectivity index (χ1n) is 35.7. The van der Waals surface area contributed by atoms with E-state index in [1.165, 1.54) is 160 Å². The second-order valence-corrected chi connectivity index (χ2v) is 29.1. The van der Waals surface area contributed by atoms with Gasteiger partial charge in [0.1, 0.15) is 22.3 Å². The van der Waals surface area contributed by atoms with Gasteiger partial charge in [-0.05, 0) is 190 Å². The molecule has 0 radical (unpaired) electrons. The predicted octanol–water partition coefficient (Wildman–Crippen LogP) is 29.4. The highest BCUT2D eigenvalue weighted by molar-refractivity contribution is 7.26. The number of furan rings is 2. The Bertz CT molecular complexity index is 6580. The van der Waals surface area contributed by atoms with Gasteiger partial charge in [-0.1, -0.05) is 272 Å². The summed E-state index contributed by atoms with van der Waals surface area (Å²) >= 11 is 3.76. The zero-order valence-electron chi connectivity index (χ0n) is 59.8. The molecule has 0 atom stereocenters. The van der Waals surface area contributed by atoms with Crippen LogP contribution in [0.3, 0.4) is 0 Å². The molecule has 0 N–H and O–H groups in total. The van der Waals surface area contributed by atoms with Crippen molar-refractivity contribution in [2.45, 2.75) is 48.5 Å². The first-order chi connectivity index (χ1) is 51.5. The molecule has 0 saturated carbocycles. The van der Waals surface area contributed by atoms with Crippen LogP contribution in [0, 0.1) is 48.5 Å². The fraction of sp³-hybridized carbons (Fsp3) is 0.0707. The van der Waals surface area contributed by atoms with Crippen LogP contribution in [-0.2, 0) is 0 Å². The number of fused-ring (bicyclic) bond motifs is 24. The van der Waals surface area contributed by atoms with E-state index in [9.17, 15) is 0 Å². The van der Waals surface area contributed by atoms with Crippen LogP contribution >= 0.6 is 22.7 Å². The summed E-state index contributed by atoms with van der Waals surface area (Å²) in [4.78, 5) is 8.80. The highest BCUT2D eigenvalue weighted by atomic mass is 32.1. The molecule has 6 aromatic heterocycles. The predicted molar refractivity (Wildman–Crippen MR) is 457 cm³/mol. The Labute approximate surface area is 618 Å². The van der Waals surface area contributed by atoms with Crippen molar-refractivity contribution >= 4 is 183 Å². The van der Waals surface area contributed by atoms with Crippen molar-refractivity contribution in [1.29, 1.82) is 0 Å². The minimum Gasteiger partial charge on any atom is -0.456 e. The van der Waals surface area contributed by atoms with Crippen LogP contribution < -0.4 is 0 Å². The van der Waals surface area contributed by atoms with Gasteiger partial charge in [-0.2, -0.15) is 0 Å². The minimum absolute atomic E-state index is 0.969. The van der Waals surface area contributed by atoms with Crippen LogP contribution in [0.25, 0.3) is 160 Å². The quantitative estimate of drug-likeness (QED) is 0.142. The van der Waals surface area contributed by atoms with Gasteiger partial charge in [-0.15, -0.1) is 22.7 Å². The molecule has 0 unspecified atom stereocenters. The Balaban J connectivity index is 0.0000000944. The molecule has 22 aromatic rings. The molecule has 0 aliphatic carbocycles. The Morgan fingerprint density at radius 1 is 0.229 bits per heavy atom. The molecule has 6 heterocycles. The fourth-order valence-electron chi connectivity index (χ4n) is 14.9. The smallest absolute Gasteiger partial charge is 0.138 e. The van der Waals surface area contributed by atoms with E-state index in [0.29, 0.717) is 0 Å². The summed E-state index contributed by atoms with van der Waals surface area (Å²) in [6.07, 6.45) is 3.63. The maximum Gasteiger partial charge on any atom is 0.138 e. The number of hydrogen-bond acceptors (Lipinski definition) is 6. The molecular formula is C99H76N2O2S2. The van der Waals surface area contributed by atoms with Gasteiger partial charge < -0.3 is 8.83 Å². The maximum absolute atomic E-state index is 5.78. The average Bonchev–Trinajstić information content (AvgIpc) is 1.00. The van der Waals surface area contributed by atoms with E-state index in [2.05, 4.69) is 319 Å². The molecule has 0 bridgehead atoms. The average molecular weight is 1390 g/mol. The Morgan fingerprint density at radius 3 is 1.38 bits per heavy atom. The summed E-state index contributed by atoms with van der Waals surface area (Å²) in [5.41, 5.74) is 15.0.